The molecule has 0 bridgehead atoms. The van der Waals surface area contributed by atoms with E-state index in [1.807, 2.05) is 23.5 Å². The Morgan fingerprint density at radius 1 is 1.00 bits per heavy atom. The van der Waals surface area contributed by atoms with E-state index < -0.39 is 12.2 Å². The molecule has 0 saturated heterocycles. The van der Waals surface area contributed by atoms with Gasteiger partial charge in [-0.3, -0.25) is 4.90 Å². The van der Waals surface area contributed by atoms with Crippen LogP contribution in [0.5, 0.6) is 5.75 Å². The van der Waals surface area contributed by atoms with Crippen LogP contribution in [-0.2, 0) is 13.0 Å². The molecule has 0 amide bonds. The zero-order chi connectivity index (χ0) is 21.6. The number of hydrogen-bond donors (Lipinski definition) is 2. The predicted octanol–water partition coefficient (Wildman–Crippen LogP) is 5.27. The van der Waals surface area contributed by atoms with Gasteiger partial charge in [0.25, 0.3) is 0 Å². The van der Waals surface area contributed by atoms with Crippen LogP contribution in [0.25, 0.3) is 10.1 Å². The molecule has 4 rings (SSSR count). The third-order valence-corrected chi connectivity index (χ3v) is 7.23. The Morgan fingerprint density at radius 2 is 1.87 bits per heavy atom. The van der Waals surface area contributed by atoms with E-state index >= 15 is 0 Å². The van der Waals surface area contributed by atoms with Crippen LogP contribution >= 0.6 is 22.9 Å². The Bertz CT molecular complexity index is 959. The Hall–Kier alpha value is -1.63. The topological polar surface area (TPSA) is 52.9 Å². The number of aliphatic hydroxyl groups excluding tert-OH is 2. The molecule has 6 heteroatoms. The lowest BCUT2D eigenvalue weighted by Gasteiger charge is -2.25. The number of benzene rings is 2. The number of halogens is 1. The summed E-state index contributed by atoms with van der Waals surface area (Å²) in [6.07, 6.45) is 2.97. The number of ether oxygens (including phenoxy) is 1. The third kappa shape index (κ3) is 6.21. The highest BCUT2D eigenvalue weighted by molar-refractivity contribution is 7.19. The lowest BCUT2D eigenvalue weighted by molar-refractivity contribution is -0.0162. The minimum atomic E-state index is -0.919. The first-order valence-corrected chi connectivity index (χ1v) is 12.2. The molecular formula is C25H30ClNO3S. The molecule has 2 atom stereocenters. The SMILES string of the molecule is O[C@@H]1COc2ccc(Cl)cc2CCCCCN(Cc2cc3ccccc3s2)CC[C@@H]1O. The van der Waals surface area contributed by atoms with Crippen LogP contribution in [0, 0.1) is 0 Å². The number of thiophene rings is 1. The first-order chi connectivity index (χ1) is 15.1. The summed E-state index contributed by atoms with van der Waals surface area (Å²) in [5.74, 6) is 0.749. The van der Waals surface area contributed by atoms with E-state index in [1.54, 1.807) is 6.07 Å². The van der Waals surface area contributed by atoms with Gasteiger partial charge in [-0.05, 0) is 73.5 Å². The van der Waals surface area contributed by atoms with Gasteiger partial charge in [0.2, 0.25) is 0 Å². The fourth-order valence-corrected chi connectivity index (χ4v) is 5.41. The monoisotopic (exact) mass is 459 g/mol. The molecule has 3 aromatic rings. The molecule has 166 valence electrons. The Morgan fingerprint density at radius 3 is 2.74 bits per heavy atom. The van der Waals surface area contributed by atoms with Crippen LogP contribution in [0.3, 0.4) is 0 Å². The lowest BCUT2D eigenvalue weighted by Crippen LogP contribution is -2.36. The molecule has 2 heterocycles. The van der Waals surface area contributed by atoms with Crippen molar-refractivity contribution in [2.24, 2.45) is 0 Å². The highest BCUT2D eigenvalue weighted by Crippen LogP contribution is 2.28. The maximum atomic E-state index is 10.5. The zero-order valence-corrected chi connectivity index (χ0v) is 19.2. The molecule has 31 heavy (non-hydrogen) atoms. The second-order valence-electron chi connectivity index (χ2n) is 8.32. The van der Waals surface area contributed by atoms with Crippen molar-refractivity contribution in [1.29, 1.82) is 0 Å². The quantitative estimate of drug-likeness (QED) is 0.547. The molecule has 1 aromatic heterocycles. The van der Waals surface area contributed by atoms with Crippen LogP contribution in [0.4, 0.5) is 0 Å². The molecule has 0 unspecified atom stereocenters. The molecule has 0 aliphatic carbocycles. The van der Waals surface area contributed by atoms with Gasteiger partial charge in [-0.15, -0.1) is 11.3 Å². The summed E-state index contributed by atoms with van der Waals surface area (Å²) < 4.78 is 7.16. The van der Waals surface area contributed by atoms with Gasteiger partial charge in [0, 0.05) is 27.7 Å². The molecular weight excluding hydrogens is 430 g/mol. The van der Waals surface area contributed by atoms with Crippen molar-refractivity contribution >= 4 is 33.0 Å². The lowest BCUT2D eigenvalue weighted by atomic mass is 10.0. The van der Waals surface area contributed by atoms with Crippen LogP contribution in [-0.4, -0.2) is 47.0 Å². The summed E-state index contributed by atoms with van der Waals surface area (Å²) in [7, 11) is 0. The van der Waals surface area contributed by atoms with Crippen LogP contribution in [0.15, 0.2) is 48.5 Å². The van der Waals surface area contributed by atoms with Crippen LogP contribution in [0.1, 0.15) is 36.1 Å². The largest absolute Gasteiger partial charge is 0.491 e. The molecule has 2 aromatic carbocycles. The predicted molar refractivity (Wildman–Crippen MR) is 128 cm³/mol. The average Bonchev–Trinajstić information content (AvgIpc) is 3.17. The maximum Gasteiger partial charge on any atom is 0.122 e. The van der Waals surface area contributed by atoms with E-state index in [0.717, 1.165) is 56.6 Å². The van der Waals surface area contributed by atoms with Crippen molar-refractivity contribution in [3.05, 3.63) is 64.0 Å². The number of fused-ring (bicyclic) bond motifs is 2. The molecule has 1 aliphatic rings. The third-order valence-electron chi connectivity index (χ3n) is 5.89. The second-order valence-corrected chi connectivity index (χ2v) is 9.93. The van der Waals surface area contributed by atoms with E-state index in [9.17, 15) is 10.2 Å². The minimum Gasteiger partial charge on any atom is -0.491 e. The van der Waals surface area contributed by atoms with E-state index in [2.05, 4.69) is 35.2 Å². The van der Waals surface area contributed by atoms with Gasteiger partial charge in [-0.2, -0.15) is 0 Å². The van der Waals surface area contributed by atoms with Gasteiger partial charge in [-0.1, -0.05) is 36.2 Å². The van der Waals surface area contributed by atoms with Crippen molar-refractivity contribution in [1.82, 2.24) is 4.90 Å². The van der Waals surface area contributed by atoms with Gasteiger partial charge >= 0.3 is 0 Å². The summed E-state index contributed by atoms with van der Waals surface area (Å²) in [5.41, 5.74) is 1.06. The van der Waals surface area contributed by atoms with E-state index in [0.29, 0.717) is 11.4 Å². The van der Waals surface area contributed by atoms with Crippen molar-refractivity contribution in [3.63, 3.8) is 0 Å². The molecule has 0 saturated carbocycles. The minimum absolute atomic E-state index is 0.0755. The number of rotatable bonds is 2. The second kappa shape index (κ2) is 10.8. The molecule has 2 N–H and O–H groups in total. The number of aryl methyl sites for hydroxylation is 1. The number of nitrogens with zero attached hydrogens (tertiary/aromatic N) is 1. The summed E-state index contributed by atoms with van der Waals surface area (Å²) in [5, 5.41) is 22.9. The van der Waals surface area contributed by atoms with Gasteiger partial charge in [-0.25, -0.2) is 0 Å². The molecule has 0 fully saturated rings. The number of hydrogen-bond acceptors (Lipinski definition) is 5. The summed E-state index contributed by atoms with van der Waals surface area (Å²) in [6, 6.07) is 16.3. The highest BCUT2D eigenvalue weighted by atomic mass is 35.5. The fourth-order valence-electron chi connectivity index (χ4n) is 4.11. The first kappa shape index (κ1) is 22.6. The van der Waals surface area contributed by atoms with Gasteiger partial charge in [0.1, 0.15) is 18.5 Å². The van der Waals surface area contributed by atoms with Crippen molar-refractivity contribution in [2.75, 3.05) is 19.7 Å². The van der Waals surface area contributed by atoms with E-state index in [-0.39, 0.29) is 6.61 Å². The maximum absolute atomic E-state index is 10.5. The summed E-state index contributed by atoms with van der Waals surface area (Å²) in [6.45, 7) is 2.68. The Balaban J connectivity index is 1.44. The van der Waals surface area contributed by atoms with Crippen molar-refractivity contribution in [3.8, 4) is 5.75 Å². The fraction of sp³-hybridized carbons (Fsp3) is 0.440. The molecule has 0 spiro atoms. The van der Waals surface area contributed by atoms with Gasteiger partial charge in [0.05, 0.1) is 6.10 Å². The number of aliphatic hydroxyl groups is 2. The summed E-state index contributed by atoms with van der Waals surface area (Å²) >= 11 is 8.01. The van der Waals surface area contributed by atoms with Gasteiger partial charge in [0.15, 0.2) is 0 Å². The summed E-state index contributed by atoms with van der Waals surface area (Å²) in [4.78, 5) is 3.74. The Kier molecular flexibility index (Phi) is 7.86. The van der Waals surface area contributed by atoms with Crippen LogP contribution < -0.4 is 4.74 Å². The molecule has 0 radical (unpaired) electrons. The molecule has 1 aliphatic heterocycles. The first-order valence-electron chi connectivity index (χ1n) is 11.1. The average molecular weight is 460 g/mol. The smallest absolute Gasteiger partial charge is 0.122 e. The van der Waals surface area contributed by atoms with E-state index in [4.69, 9.17) is 16.3 Å². The van der Waals surface area contributed by atoms with Crippen molar-refractivity contribution < 1.29 is 14.9 Å². The van der Waals surface area contributed by atoms with E-state index in [1.165, 1.54) is 15.0 Å². The zero-order valence-electron chi connectivity index (χ0n) is 17.7. The molecule has 4 nitrogen and oxygen atoms in total. The standard InChI is InChI=1S/C25H30ClNO3S/c26-20-9-10-24-18(14-20)6-2-1-5-12-27(13-11-22(28)23(29)17-30-24)16-21-15-19-7-3-4-8-25(19)31-21/h3-4,7-10,14-15,22-23,28-29H,1-2,5-6,11-13,16-17H2/t22-,23+/m0/s1. The van der Waals surface area contributed by atoms with Crippen LogP contribution in [0.2, 0.25) is 5.02 Å². The Labute approximate surface area is 193 Å². The highest BCUT2D eigenvalue weighted by Gasteiger charge is 2.20. The van der Waals surface area contributed by atoms with Crippen molar-refractivity contribution in [2.45, 2.75) is 50.9 Å². The normalized spacial score (nSPS) is 21.9. The van der Waals surface area contributed by atoms with Gasteiger partial charge < -0.3 is 14.9 Å².